The molecular formula is C18H19BrO7. The summed E-state index contributed by atoms with van der Waals surface area (Å²) < 4.78 is 14.7. The molecule has 0 N–H and O–H groups in total. The summed E-state index contributed by atoms with van der Waals surface area (Å²) in [5.74, 6) is -2.58. The fourth-order valence-electron chi connectivity index (χ4n) is 1.81. The van der Waals surface area contributed by atoms with Gasteiger partial charge in [-0.05, 0) is 24.5 Å². The summed E-state index contributed by atoms with van der Waals surface area (Å²) in [6, 6.07) is 7.17. The maximum Gasteiger partial charge on any atom is 0.331 e. The first-order chi connectivity index (χ1) is 12.4. The maximum absolute atomic E-state index is 11.7. The van der Waals surface area contributed by atoms with E-state index in [1.54, 1.807) is 18.2 Å². The van der Waals surface area contributed by atoms with Crippen molar-refractivity contribution in [3.05, 3.63) is 46.5 Å². The predicted molar refractivity (Wildman–Crippen MR) is 94.9 cm³/mol. The summed E-state index contributed by atoms with van der Waals surface area (Å²) in [4.78, 5) is 45.4. The fourth-order valence-corrected chi connectivity index (χ4v) is 2.23. The summed E-state index contributed by atoms with van der Waals surface area (Å²) in [5, 5.41) is 0. The maximum atomic E-state index is 11.7. The van der Waals surface area contributed by atoms with Gasteiger partial charge in [-0.2, -0.15) is 0 Å². The van der Waals surface area contributed by atoms with Crippen molar-refractivity contribution in [2.45, 2.75) is 25.7 Å². The van der Waals surface area contributed by atoms with Gasteiger partial charge in [0.2, 0.25) is 0 Å². The lowest BCUT2D eigenvalue weighted by Crippen LogP contribution is -2.14. The molecule has 0 aliphatic carbocycles. The first kappa shape index (κ1) is 21.6. The number of benzene rings is 1. The van der Waals surface area contributed by atoms with E-state index in [0.29, 0.717) is 12.8 Å². The Hall–Kier alpha value is -2.48. The first-order valence-electron chi connectivity index (χ1n) is 7.82. The van der Waals surface area contributed by atoms with Crippen molar-refractivity contribution in [3.63, 3.8) is 0 Å². The molecule has 0 spiro atoms. The number of carbonyl (C=O) groups excluding carboxylic acids is 4. The van der Waals surface area contributed by atoms with Gasteiger partial charge in [-0.25, -0.2) is 9.59 Å². The lowest BCUT2D eigenvalue weighted by atomic mass is 10.1. The number of halogens is 1. The lowest BCUT2D eigenvalue weighted by molar-refractivity contribution is -0.159. The van der Waals surface area contributed by atoms with Gasteiger partial charge >= 0.3 is 23.9 Å². The Kier molecular flexibility index (Phi) is 9.93. The number of methoxy groups -OCH3 is 1. The minimum atomic E-state index is -0.679. The van der Waals surface area contributed by atoms with Crippen LogP contribution in [0.3, 0.4) is 0 Å². The fraction of sp³-hybridized carbons (Fsp3) is 0.333. The molecule has 0 unspecified atom stereocenters. The normalized spacial score (nSPS) is 10.4. The van der Waals surface area contributed by atoms with Gasteiger partial charge in [0.25, 0.3) is 0 Å². The van der Waals surface area contributed by atoms with Crippen LogP contribution in [0, 0.1) is 0 Å². The Balaban J connectivity index is 2.17. The third-order valence-electron chi connectivity index (χ3n) is 3.10. The molecule has 0 aromatic heterocycles. The van der Waals surface area contributed by atoms with Crippen molar-refractivity contribution >= 4 is 39.8 Å². The van der Waals surface area contributed by atoms with Crippen LogP contribution in [0.1, 0.15) is 24.8 Å². The van der Waals surface area contributed by atoms with E-state index < -0.39 is 23.9 Å². The molecule has 0 saturated carbocycles. The Morgan fingerprint density at radius 2 is 1.69 bits per heavy atom. The van der Waals surface area contributed by atoms with Gasteiger partial charge in [-0.1, -0.05) is 34.1 Å². The zero-order chi connectivity index (χ0) is 19.4. The molecule has 0 radical (unpaired) electrons. The molecule has 26 heavy (non-hydrogen) atoms. The quantitative estimate of drug-likeness (QED) is 0.196. The second kappa shape index (κ2) is 12.0. The van der Waals surface area contributed by atoms with Crippen molar-refractivity contribution in [2.75, 3.05) is 13.7 Å². The highest BCUT2D eigenvalue weighted by Crippen LogP contribution is 2.16. The topological polar surface area (TPSA) is 96.0 Å². The van der Waals surface area contributed by atoms with Crippen LogP contribution < -0.4 is 0 Å². The van der Waals surface area contributed by atoms with Gasteiger partial charge in [-0.15, -0.1) is 0 Å². The summed E-state index contributed by atoms with van der Waals surface area (Å²) in [6.07, 6.45) is 2.77. The number of hydrogen-bond donors (Lipinski definition) is 0. The number of unbranched alkanes of at least 4 members (excludes halogenated alkanes) is 1. The van der Waals surface area contributed by atoms with Crippen LogP contribution in [0.2, 0.25) is 0 Å². The Morgan fingerprint density at radius 1 is 1.00 bits per heavy atom. The minimum absolute atomic E-state index is 0.00267. The van der Waals surface area contributed by atoms with Crippen LogP contribution in [-0.2, 0) is 39.8 Å². The van der Waals surface area contributed by atoms with Gasteiger partial charge in [0.1, 0.15) is 0 Å². The molecule has 0 atom stereocenters. The van der Waals surface area contributed by atoms with Crippen LogP contribution in [0.5, 0.6) is 0 Å². The zero-order valence-corrected chi connectivity index (χ0v) is 15.8. The van der Waals surface area contributed by atoms with Gasteiger partial charge in [0.15, 0.2) is 0 Å². The number of esters is 4. The molecule has 0 amide bonds. The SMILES string of the molecule is COC(=O)/C=C\C(=O)OCCCCC(=O)OC(=O)Cc1ccccc1Br. The molecule has 0 heterocycles. The molecule has 1 aromatic rings. The summed E-state index contributed by atoms with van der Waals surface area (Å²) >= 11 is 3.32. The number of ether oxygens (including phenoxy) is 3. The highest BCUT2D eigenvalue weighted by Gasteiger charge is 2.12. The van der Waals surface area contributed by atoms with Crippen molar-refractivity contribution in [3.8, 4) is 0 Å². The van der Waals surface area contributed by atoms with Crippen molar-refractivity contribution in [1.29, 1.82) is 0 Å². The average molecular weight is 427 g/mol. The first-order valence-corrected chi connectivity index (χ1v) is 8.61. The largest absolute Gasteiger partial charge is 0.466 e. The molecule has 0 aliphatic heterocycles. The van der Waals surface area contributed by atoms with Crippen LogP contribution in [0.4, 0.5) is 0 Å². The molecule has 7 nitrogen and oxygen atoms in total. The Morgan fingerprint density at radius 3 is 2.38 bits per heavy atom. The van der Waals surface area contributed by atoms with E-state index in [0.717, 1.165) is 22.2 Å². The second-order valence-electron chi connectivity index (χ2n) is 5.10. The van der Waals surface area contributed by atoms with Crippen LogP contribution in [-0.4, -0.2) is 37.6 Å². The van der Waals surface area contributed by atoms with E-state index in [4.69, 9.17) is 9.47 Å². The molecular weight excluding hydrogens is 408 g/mol. The lowest BCUT2D eigenvalue weighted by Gasteiger charge is -2.05. The number of carbonyl (C=O) groups is 4. The van der Waals surface area contributed by atoms with Gasteiger partial charge in [0.05, 0.1) is 20.1 Å². The van der Waals surface area contributed by atoms with Crippen molar-refractivity contribution in [1.82, 2.24) is 0 Å². The highest BCUT2D eigenvalue weighted by atomic mass is 79.9. The summed E-state index contributed by atoms with van der Waals surface area (Å²) in [5.41, 5.74) is 0.734. The number of rotatable bonds is 9. The molecule has 0 aliphatic rings. The third kappa shape index (κ3) is 9.12. The molecule has 1 aromatic carbocycles. The molecule has 140 valence electrons. The molecule has 8 heteroatoms. The van der Waals surface area contributed by atoms with Gasteiger partial charge < -0.3 is 14.2 Å². The molecule has 1 rings (SSSR count). The summed E-state index contributed by atoms with van der Waals surface area (Å²) in [6.45, 7) is 0.0858. The van der Waals surface area contributed by atoms with Crippen LogP contribution in [0.15, 0.2) is 40.9 Å². The van der Waals surface area contributed by atoms with E-state index >= 15 is 0 Å². The Bertz CT molecular complexity index is 682. The molecule has 0 fully saturated rings. The number of hydrogen-bond acceptors (Lipinski definition) is 7. The smallest absolute Gasteiger partial charge is 0.331 e. The zero-order valence-electron chi connectivity index (χ0n) is 14.2. The second-order valence-corrected chi connectivity index (χ2v) is 5.95. The van der Waals surface area contributed by atoms with E-state index in [-0.39, 0.29) is 19.4 Å². The third-order valence-corrected chi connectivity index (χ3v) is 3.87. The van der Waals surface area contributed by atoms with E-state index in [2.05, 4.69) is 20.7 Å². The Labute approximate surface area is 159 Å². The molecule has 0 saturated heterocycles. The van der Waals surface area contributed by atoms with Gasteiger partial charge in [0, 0.05) is 23.0 Å². The van der Waals surface area contributed by atoms with Crippen molar-refractivity contribution in [2.24, 2.45) is 0 Å². The van der Waals surface area contributed by atoms with E-state index in [1.807, 2.05) is 6.07 Å². The van der Waals surface area contributed by atoms with Crippen LogP contribution >= 0.6 is 15.9 Å². The standard InChI is InChI=1S/C18H19BrO7/c1-24-15(20)9-10-16(21)25-11-5-4-8-17(22)26-18(23)12-13-6-2-3-7-14(13)19/h2-3,6-7,9-10H,4-5,8,11-12H2,1H3/b10-9-. The average Bonchev–Trinajstić information content (AvgIpc) is 2.61. The minimum Gasteiger partial charge on any atom is -0.466 e. The van der Waals surface area contributed by atoms with Crippen LogP contribution in [0.25, 0.3) is 0 Å². The van der Waals surface area contributed by atoms with Crippen molar-refractivity contribution < 1.29 is 33.4 Å². The highest BCUT2D eigenvalue weighted by molar-refractivity contribution is 9.10. The summed E-state index contributed by atoms with van der Waals surface area (Å²) in [7, 11) is 1.19. The monoisotopic (exact) mass is 426 g/mol. The van der Waals surface area contributed by atoms with E-state index in [1.165, 1.54) is 7.11 Å². The van der Waals surface area contributed by atoms with E-state index in [9.17, 15) is 19.2 Å². The molecule has 0 bridgehead atoms. The van der Waals surface area contributed by atoms with Gasteiger partial charge in [-0.3, -0.25) is 9.59 Å². The predicted octanol–water partition coefficient (Wildman–Crippen LogP) is 2.50.